The van der Waals surface area contributed by atoms with Crippen molar-refractivity contribution in [3.63, 3.8) is 0 Å². The largest absolute Gasteiger partial charge is 0.485 e. The van der Waals surface area contributed by atoms with Gasteiger partial charge in [-0.2, -0.15) is 0 Å². The first-order chi connectivity index (χ1) is 11.5. The van der Waals surface area contributed by atoms with Crippen LogP contribution < -0.4 is 10.1 Å². The van der Waals surface area contributed by atoms with Crippen molar-refractivity contribution in [3.05, 3.63) is 65.2 Å². The molecule has 0 amide bonds. The average Bonchev–Trinajstić information content (AvgIpc) is 2.58. The molecule has 0 saturated carbocycles. The fourth-order valence-corrected chi connectivity index (χ4v) is 3.22. The molecule has 1 aliphatic heterocycles. The van der Waals surface area contributed by atoms with Gasteiger partial charge in [-0.3, -0.25) is 0 Å². The second-order valence-corrected chi connectivity index (χ2v) is 6.85. The lowest BCUT2D eigenvalue weighted by atomic mass is 9.86. The molecular weight excluding hydrogens is 338 g/mol. The van der Waals surface area contributed by atoms with Gasteiger partial charge >= 0.3 is 0 Å². The molecule has 2 unspecified atom stereocenters. The Labute approximate surface area is 155 Å². The number of hydrogen-bond donors (Lipinski definition) is 3. The number of hydrogen-bond acceptors (Lipinski definition) is 4. The molecule has 0 spiro atoms. The molecule has 3 rings (SSSR count). The van der Waals surface area contributed by atoms with E-state index in [0.717, 1.165) is 29.8 Å². The van der Waals surface area contributed by atoms with E-state index < -0.39 is 11.7 Å². The smallest absolute Gasteiger partial charge is 0.131 e. The Hall–Kier alpha value is -1.59. The third-order valence-corrected chi connectivity index (χ3v) is 4.61. The maximum absolute atomic E-state index is 10.7. The third kappa shape index (κ3) is 4.33. The van der Waals surface area contributed by atoms with E-state index in [4.69, 9.17) is 4.74 Å². The molecule has 2 atom stereocenters. The number of nitrogens with one attached hydrogen (secondary N) is 1. The van der Waals surface area contributed by atoms with Crippen molar-refractivity contribution in [2.75, 3.05) is 6.54 Å². The molecule has 2 aromatic carbocycles. The van der Waals surface area contributed by atoms with Gasteiger partial charge < -0.3 is 20.3 Å². The molecule has 1 aliphatic rings. The summed E-state index contributed by atoms with van der Waals surface area (Å²) in [5.74, 6) is 0.826. The van der Waals surface area contributed by atoms with Gasteiger partial charge in [0.2, 0.25) is 0 Å². The number of rotatable bonds is 5. The van der Waals surface area contributed by atoms with Crippen LogP contribution in [-0.4, -0.2) is 28.5 Å². The molecule has 4 nitrogen and oxygen atoms in total. The molecule has 0 aromatic heterocycles. The summed E-state index contributed by atoms with van der Waals surface area (Å²) in [4.78, 5) is 0. The first-order valence-corrected chi connectivity index (χ1v) is 8.39. The SMILES string of the molecule is CC1(C)Oc2ccccc2C(NCCc2cccc(CO)c2)C1O.Cl. The molecule has 25 heavy (non-hydrogen) atoms. The molecule has 1 heterocycles. The fourth-order valence-electron chi connectivity index (χ4n) is 3.22. The standard InChI is InChI=1S/C20H25NO3.ClH/c1-20(2)19(23)18(16-8-3-4-9-17(16)24-20)21-11-10-14-6-5-7-15(12-14)13-22;/h3-9,12,18-19,21-23H,10-11,13H2,1-2H3;1H. The molecule has 0 saturated heterocycles. The van der Waals surface area contributed by atoms with Crippen LogP contribution in [0.15, 0.2) is 48.5 Å². The lowest BCUT2D eigenvalue weighted by Crippen LogP contribution is -2.52. The zero-order chi connectivity index (χ0) is 17.2. The van der Waals surface area contributed by atoms with Crippen molar-refractivity contribution < 1.29 is 14.9 Å². The van der Waals surface area contributed by atoms with Crippen LogP contribution in [-0.2, 0) is 13.0 Å². The Morgan fingerprint density at radius 2 is 1.80 bits per heavy atom. The topological polar surface area (TPSA) is 61.7 Å². The lowest BCUT2D eigenvalue weighted by molar-refractivity contribution is -0.0643. The van der Waals surface area contributed by atoms with Crippen molar-refractivity contribution in [2.45, 2.75) is 44.6 Å². The van der Waals surface area contributed by atoms with E-state index in [1.807, 2.05) is 56.3 Å². The highest BCUT2D eigenvalue weighted by Crippen LogP contribution is 2.39. The highest BCUT2D eigenvalue weighted by atomic mass is 35.5. The van der Waals surface area contributed by atoms with Crippen LogP contribution in [0.3, 0.4) is 0 Å². The Morgan fingerprint density at radius 3 is 2.56 bits per heavy atom. The van der Waals surface area contributed by atoms with Crippen LogP contribution >= 0.6 is 12.4 Å². The minimum Gasteiger partial charge on any atom is -0.485 e. The molecule has 5 heteroatoms. The first-order valence-electron chi connectivity index (χ1n) is 8.39. The highest BCUT2D eigenvalue weighted by molar-refractivity contribution is 5.85. The van der Waals surface area contributed by atoms with Crippen molar-refractivity contribution in [2.24, 2.45) is 0 Å². The van der Waals surface area contributed by atoms with Gasteiger partial charge in [0.1, 0.15) is 17.5 Å². The Balaban J connectivity index is 0.00000225. The summed E-state index contributed by atoms with van der Waals surface area (Å²) in [6.45, 7) is 4.61. The second-order valence-electron chi connectivity index (χ2n) is 6.85. The van der Waals surface area contributed by atoms with Crippen molar-refractivity contribution >= 4 is 12.4 Å². The molecule has 3 N–H and O–H groups in total. The van der Waals surface area contributed by atoms with E-state index in [-0.39, 0.29) is 25.1 Å². The lowest BCUT2D eigenvalue weighted by Gasteiger charge is -2.42. The van der Waals surface area contributed by atoms with E-state index in [1.165, 1.54) is 5.56 Å². The minimum atomic E-state index is -0.636. The van der Waals surface area contributed by atoms with Crippen LogP contribution in [0.2, 0.25) is 0 Å². The van der Waals surface area contributed by atoms with Gasteiger partial charge in [-0.15, -0.1) is 12.4 Å². The summed E-state index contributed by atoms with van der Waals surface area (Å²) in [5, 5.41) is 23.4. The van der Waals surface area contributed by atoms with Gasteiger partial charge in [-0.25, -0.2) is 0 Å². The second kappa shape index (κ2) is 8.19. The zero-order valence-corrected chi connectivity index (χ0v) is 15.4. The normalized spacial score (nSPS) is 21.0. The molecule has 0 bridgehead atoms. The van der Waals surface area contributed by atoms with Gasteiger partial charge in [-0.1, -0.05) is 42.5 Å². The number of aliphatic hydroxyl groups is 2. The van der Waals surface area contributed by atoms with Crippen molar-refractivity contribution in [1.29, 1.82) is 0 Å². The summed E-state index contributed by atoms with van der Waals surface area (Å²) in [7, 11) is 0. The number of fused-ring (bicyclic) bond motifs is 1. The van der Waals surface area contributed by atoms with E-state index in [9.17, 15) is 10.2 Å². The van der Waals surface area contributed by atoms with Gasteiger partial charge in [0.25, 0.3) is 0 Å². The number of ether oxygens (including phenoxy) is 1. The van der Waals surface area contributed by atoms with E-state index >= 15 is 0 Å². The quantitative estimate of drug-likeness (QED) is 0.764. The maximum Gasteiger partial charge on any atom is 0.131 e. The molecule has 0 fully saturated rings. The number of benzene rings is 2. The summed E-state index contributed by atoms with van der Waals surface area (Å²) in [6, 6.07) is 15.6. The summed E-state index contributed by atoms with van der Waals surface area (Å²) in [5.41, 5.74) is 2.45. The first kappa shape index (κ1) is 19.7. The minimum absolute atomic E-state index is 0. The molecule has 0 radical (unpaired) electrons. The van der Waals surface area contributed by atoms with Crippen molar-refractivity contribution in [3.8, 4) is 5.75 Å². The van der Waals surface area contributed by atoms with Crippen LogP contribution in [0.25, 0.3) is 0 Å². The van der Waals surface area contributed by atoms with Crippen LogP contribution in [0, 0.1) is 0 Å². The van der Waals surface area contributed by atoms with Crippen LogP contribution in [0.5, 0.6) is 5.75 Å². The van der Waals surface area contributed by atoms with Gasteiger partial charge in [-0.05, 0) is 44.0 Å². The molecular formula is C20H26ClNO3. The molecule has 0 aliphatic carbocycles. The number of para-hydroxylation sites is 1. The Morgan fingerprint density at radius 1 is 1.08 bits per heavy atom. The van der Waals surface area contributed by atoms with Crippen LogP contribution in [0.1, 0.15) is 36.6 Å². The molecule has 2 aromatic rings. The third-order valence-electron chi connectivity index (χ3n) is 4.61. The van der Waals surface area contributed by atoms with Crippen LogP contribution in [0.4, 0.5) is 0 Å². The highest BCUT2D eigenvalue weighted by Gasteiger charge is 2.42. The van der Waals surface area contributed by atoms with E-state index in [2.05, 4.69) is 11.4 Å². The monoisotopic (exact) mass is 363 g/mol. The van der Waals surface area contributed by atoms with Gasteiger partial charge in [0.15, 0.2) is 0 Å². The predicted octanol–water partition coefficient (Wildman–Crippen LogP) is 3.01. The number of halogens is 1. The van der Waals surface area contributed by atoms with Crippen molar-refractivity contribution in [1.82, 2.24) is 5.32 Å². The number of aliphatic hydroxyl groups excluding tert-OH is 2. The average molecular weight is 364 g/mol. The maximum atomic E-state index is 10.7. The molecule has 136 valence electrons. The fraction of sp³-hybridized carbons (Fsp3) is 0.400. The Kier molecular flexibility index (Phi) is 6.47. The predicted molar refractivity (Wildman–Crippen MR) is 101 cm³/mol. The summed E-state index contributed by atoms with van der Waals surface area (Å²) >= 11 is 0. The van der Waals surface area contributed by atoms with Gasteiger partial charge in [0.05, 0.1) is 12.6 Å². The Bertz CT molecular complexity index is 705. The van der Waals surface area contributed by atoms with E-state index in [0.29, 0.717) is 0 Å². The van der Waals surface area contributed by atoms with E-state index in [1.54, 1.807) is 0 Å². The summed E-state index contributed by atoms with van der Waals surface area (Å²) < 4.78 is 5.94. The van der Waals surface area contributed by atoms with Gasteiger partial charge in [0, 0.05) is 5.56 Å². The summed E-state index contributed by atoms with van der Waals surface area (Å²) in [6.07, 6.45) is 0.205. The zero-order valence-electron chi connectivity index (χ0n) is 14.6.